The molecule has 0 radical (unpaired) electrons. The summed E-state index contributed by atoms with van der Waals surface area (Å²) in [6.07, 6.45) is 2.10. The van der Waals surface area contributed by atoms with Gasteiger partial charge in [0.15, 0.2) is 0 Å². The molecule has 0 bridgehead atoms. The highest BCUT2D eigenvalue weighted by Crippen LogP contribution is 2.58. The molecule has 4 rings (SSSR count). The second-order valence-electron chi connectivity index (χ2n) is 6.30. The molecule has 1 aliphatic carbocycles. The van der Waals surface area contributed by atoms with E-state index in [0.29, 0.717) is 34.7 Å². The van der Waals surface area contributed by atoms with E-state index in [1.807, 2.05) is 42.6 Å². The van der Waals surface area contributed by atoms with Crippen molar-refractivity contribution in [3.63, 3.8) is 0 Å². The molecule has 2 aromatic rings. The Balaban J connectivity index is 1.38. The predicted octanol–water partition coefficient (Wildman–Crippen LogP) is 5.35. The van der Waals surface area contributed by atoms with E-state index < -0.39 is 6.72 Å². The first-order valence-corrected chi connectivity index (χ1v) is 14.3. The number of thioether (sulfide) groups is 2. The van der Waals surface area contributed by atoms with E-state index in [1.54, 1.807) is 0 Å². The summed E-state index contributed by atoms with van der Waals surface area (Å²) in [4.78, 5) is 4.45. The molecule has 2 fully saturated rings. The molecule has 1 N–H and O–H groups in total. The van der Waals surface area contributed by atoms with Crippen LogP contribution in [0.1, 0.15) is 35.8 Å². The van der Waals surface area contributed by atoms with Crippen molar-refractivity contribution < 1.29 is 13.6 Å². The largest absolute Gasteiger partial charge is 0.338 e. The van der Waals surface area contributed by atoms with Crippen LogP contribution in [0.3, 0.4) is 0 Å². The fourth-order valence-corrected chi connectivity index (χ4v) is 9.21. The minimum Gasteiger partial charge on any atom is -0.338 e. The molecule has 27 heavy (non-hydrogen) atoms. The van der Waals surface area contributed by atoms with Gasteiger partial charge in [-0.05, 0) is 36.7 Å². The van der Waals surface area contributed by atoms with Crippen molar-refractivity contribution in [3.8, 4) is 11.4 Å². The van der Waals surface area contributed by atoms with E-state index in [1.165, 1.54) is 28.5 Å². The minimum absolute atomic E-state index is 0.308. The highest BCUT2D eigenvalue weighted by molar-refractivity contribution is 8.55. The number of hydrogen-bond acceptors (Lipinski definition) is 8. The van der Waals surface area contributed by atoms with Gasteiger partial charge in [-0.2, -0.15) is 4.98 Å². The molecule has 1 atom stereocenters. The summed E-state index contributed by atoms with van der Waals surface area (Å²) in [6, 6.07) is 8.66. The molecule has 1 saturated carbocycles. The average Bonchev–Trinajstić information content (AvgIpc) is 3.15. The smallest absolute Gasteiger partial charge is 0.327 e. The highest BCUT2D eigenvalue weighted by atomic mass is 32.7. The molecular weight excluding hydrogens is 421 g/mol. The third-order valence-electron chi connectivity index (χ3n) is 4.11. The summed E-state index contributed by atoms with van der Waals surface area (Å²) in [5.41, 5.74) is 2.25. The van der Waals surface area contributed by atoms with Crippen LogP contribution < -0.4 is 5.09 Å². The summed E-state index contributed by atoms with van der Waals surface area (Å²) in [5, 5.41) is 7.19. The van der Waals surface area contributed by atoms with Gasteiger partial charge in [0.25, 0.3) is 0 Å². The quantitative estimate of drug-likeness (QED) is 0.516. The third kappa shape index (κ3) is 5.34. The number of aromatic nitrogens is 2. The summed E-state index contributed by atoms with van der Waals surface area (Å²) < 4.78 is 24.2. The molecule has 10 heteroatoms. The Morgan fingerprint density at radius 1 is 1.30 bits per heavy atom. The molecule has 1 aromatic carbocycles. The standard InChI is InChI=1S/C17H22N3O3PS3/c1-2-22-24(21,20-14-7-8-14)27-11-15-18-16(19-23-15)12-3-5-13(6-4-12)17-25-9-10-26-17/h3-6,14,17H,2,7-11H2,1H3,(H,20,21). The van der Waals surface area contributed by atoms with Gasteiger partial charge in [-0.3, -0.25) is 4.57 Å². The number of nitrogens with zero attached hydrogens (tertiary/aromatic N) is 2. The van der Waals surface area contributed by atoms with Gasteiger partial charge in [0, 0.05) is 23.1 Å². The van der Waals surface area contributed by atoms with Crippen LogP contribution in [0.25, 0.3) is 11.4 Å². The summed E-state index contributed by atoms with van der Waals surface area (Å²) in [6.45, 7) is -0.674. The van der Waals surface area contributed by atoms with Crippen molar-refractivity contribution in [1.82, 2.24) is 15.2 Å². The first-order valence-electron chi connectivity index (χ1n) is 8.98. The van der Waals surface area contributed by atoms with E-state index in [-0.39, 0.29) is 0 Å². The molecule has 1 aromatic heterocycles. The van der Waals surface area contributed by atoms with Crippen LogP contribution in [-0.4, -0.2) is 34.3 Å². The fraction of sp³-hybridized carbons (Fsp3) is 0.529. The summed E-state index contributed by atoms with van der Waals surface area (Å²) in [5.74, 6) is 3.80. The Bertz CT molecular complexity index is 807. The summed E-state index contributed by atoms with van der Waals surface area (Å²) >= 11 is 5.20. The van der Waals surface area contributed by atoms with Crippen molar-refractivity contribution in [2.75, 3.05) is 18.1 Å². The van der Waals surface area contributed by atoms with Crippen LogP contribution >= 0.6 is 41.6 Å². The first kappa shape index (κ1) is 19.9. The van der Waals surface area contributed by atoms with Gasteiger partial charge < -0.3 is 9.05 Å². The van der Waals surface area contributed by atoms with Crippen LogP contribution in [0.15, 0.2) is 28.8 Å². The molecule has 146 valence electrons. The lowest BCUT2D eigenvalue weighted by atomic mass is 10.1. The van der Waals surface area contributed by atoms with E-state index in [0.717, 1.165) is 18.4 Å². The van der Waals surface area contributed by atoms with E-state index in [2.05, 4.69) is 27.4 Å². The Labute approximate surface area is 171 Å². The maximum absolute atomic E-state index is 12.8. The lowest BCUT2D eigenvalue weighted by Crippen LogP contribution is -2.13. The Kier molecular flexibility index (Phi) is 6.57. The first-order chi connectivity index (χ1) is 13.1. The summed E-state index contributed by atoms with van der Waals surface area (Å²) in [7, 11) is 0. The van der Waals surface area contributed by atoms with E-state index in [4.69, 9.17) is 9.05 Å². The molecule has 1 unspecified atom stereocenters. The molecule has 0 spiro atoms. The molecule has 2 aliphatic rings. The Hall–Kier alpha value is -0.440. The molecule has 1 saturated heterocycles. The van der Waals surface area contributed by atoms with Crippen molar-refractivity contribution >= 4 is 41.6 Å². The predicted molar refractivity (Wildman–Crippen MR) is 114 cm³/mol. The van der Waals surface area contributed by atoms with Gasteiger partial charge in [-0.25, -0.2) is 5.09 Å². The highest BCUT2D eigenvalue weighted by Gasteiger charge is 2.33. The van der Waals surface area contributed by atoms with E-state index >= 15 is 0 Å². The maximum Gasteiger partial charge on any atom is 0.327 e. The zero-order valence-electron chi connectivity index (χ0n) is 15.0. The maximum atomic E-state index is 12.8. The Morgan fingerprint density at radius 2 is 2.04 bits per heavy atom. The van der Waals surface area contributed by atoms with Gasteiger partial charge in [-0.15, -0.1) is 23.5 Å². The van der Waals surface area contributed by atoms with Crippen molar-refractivity contribution in [2.45, 2.75) is 36.1 Å². The van der Waals surface area contributed by atoms with Crippen molar-refractivity contribution in [3.05, 3.63) is 35.7 Å². The van der Waals surface area contributed by atoms with Gasteiger partial charge in [0.05, 0.1) is 16.9 Å². The molecular formula is C17H22N3O3PS3. The number of benzene rings is 1. The number of nitrogens with one attached hydrogen (secondary N) is 1. The fourth-order valence-electron chi connectivity index (χ4n) is 2.63. The molecule has 2 heterocycles. The zero-order valence-corrected chi connectivity index (χ0v) is 18.3. The van der Waals surface area contributed by atoms with E-state index in [9.17, 15) is 4.57 Å². The lowest BCUT2D eigenvalue weighted by molar-refractivity contribution is 0.337. The van der Waals surface area contributed by atoms with Gasteiger partial charge in [0.2, 0.25) is 11.7 Å². The molecule has 0 amide bonds. The van der Waals surface area contributed by atoms with Crippen LogP contribution in [0, 0.1) is 0 Å². The number of rotatable bonds is 9. The molecule has 6 nitrogen and oxygen atoms in total. The second-order valence-corrected chi connectivity index (χ2v) is 13.3. The van der Waals surface area contributed by atoms with Crippen LogP contribution in [0.2, 0.25) is 0 Å². The minimum atomic E-state index is -2.93. The lowest BCUT2D eigenvalue weighted by Gasteiger charge is -2.16. The monoisotopic (exact) mass is 443 g/mol. The average molecular weight is 444 g/mol. The second kappa shape index (κ2) is 8.93. The van der Waals surface area contributed by atoms with Gasteiger partial charge in [-0.1, -0.05) is 29.4 Å². The molecule has 1 aliphatic heterocycles. The van der Waals surface area contributed by atoms with Gasteiger partial charge >= 0.3 is 6.72 Å². The van der Waals surface area contributed by atoms with Crippen LogP contribution in [0.4, 0.5) is 0 Å². The van der Waals surface area contributed by atoms with Crippen LogP contribution in [-0.2, 0) is 14.8 Å². The van der Waals surface area contributed by atoms with Crippen LogP contribution in [0.5, 0.6) is 0 Å². The Morgan fingerprint density at radius 3 is 2.70 bits per heavy atom. The third-order valence-corrected chi connectivity index (χ3v) is 11.2. The number of hydrogen-bond donors (Lipinski definition) is 1. The van der Waals surface area contributed by atoms with Gasteiger partial charge in [0.1, 0.15) is 0 Å². The SMILES string of the molecule is CCOP(=O)(NC1CC1)SCc1nc(-c2ccc(C3SCCS3)cc2)no1. The topological polar surface area (TPSA) is 77.2 Å². The zero-order chi connectivity index (χ0) is 18.7. The van der Waals surface area contributed by atoms with Crippen molar-refractivity contribution in [2.24, 2.45) is 0 Å². The van der Waals surface area contributed by atoms with Crippen molar-refractivity contribution in [1.29, 1.82) is 0 Å². The normalized spacial score (nSPS) is 20.0.